The fraction of sp³-hybridized carbons (Fsp3) is 0.111. The van der Waals surface area contributed by atoms with Crippen LogP contribution < -0.4 is 16.1 Å². The summed E-state index contributed by atoms with van der Waals surface area (Å²) in [6.45, 7) is 0. The van der Waals surface area contributed by atoms with Crippen LogP contribution in [0.15, 0.2) is 51.5 Å². The zero-order valence-electron chi connectivity index (χ0n) is 16.1. The molecular weight excluding hydrogens is 406 g/mol. The number of nitrogens with two attached hydrogens (primary N) is 1. The molecule has 0 aliphatic carbocycles. The second-order valence-electron chi connectivity index (χ2n) is 6.33. The predicted molar refractivity (Wildman–Crippen MR) is 113 cm³/mol. The SMILES string of the molecule is CN(C)c1ccc(C=NNC(=O)c2nnn(-c3nonc3N)c2-c2cccs2)cc1. The Hall–Kier alpha value is -4.06. The van der Waals surface area contributed by atoms with Crippen molar-refractivity contribution in [3.63, 3.8) is 0 Å². The van der Waals surface area contributed by atoms with Gasteiger partial charge in [0, 0.05) is 19.8 Å². The van der Waals surface area contributed by atoms with Crippen molar-refractivity contribution in [3.8, 4) is 16.4 Å². The number of carbonyl (C=O) groups excluding carboxylic acids is 1. The van der Waals surface area contributed by atoms with Crippen molar-refractivity contribution < 1.29 is 9.42 Å². The number of rotatable bonds is 6. The molecule has 3 heterocycles. The van der Waals surface area contributed by atoms with E-state index in [4.69, 9.17) is 5.73 Å². The molecule has 0 saturated heterocycles. The number of thiophene rings is 1. The van der Waals surface area contributed by atoms with Crippen LogP contribution >= 0.6 is 11.3 Å². The number of hydrogen-bond acceptors (Lipinski definition) is 10. The molecule has 3 N–H and O–H groups in total. The minimum atomic E-state index is -0.527. The monoisotopic (exact) mass is 423 g/mol. The molecule has 0 aliphatic heterocycles. The third-order valence-electron chi connectivity index (χ3n) is 4.13. The van der Waals surface area contributed by atoms with Crippen molar-refractivity contribution >= 4 is 35.0 Å². The zero-order chi connectivity index (χ0) is 21.1. The summed E-state index contributed by atoms with van der Waals surface area (Å²) in [7, 11) is 3.93. The molecule has 0 unspecified atom stereocenters. The average Bonchev–Trinajstić information content (AvgIpc) is 3.48. The lowest BCUT2D eigenvalue weighted by Gasteiger charge is -2.11. The van der Waals surface area contributed by atoms with Crippen LogP contribution in [0.5, 0.6) is 0 Å². The minimum absolute atomic E-state index is 0.0313. The van der Waals surface area contributed by atoms with Crippen LogP contribution in [-0.4, -0.2) is 51.5 Å². The van der Waals surface area contributed by atoms with Crippen LogP contribution in [0.2, 0.25) is 0 Å². The molecule has 1 aromatic carbocycles. The Morgan fingerprint density at radius 2 is 2.07 bits per heavy atom. The minimum Gasteiger partial charge on any atom is -0.378 e. The molecule has 0 aliphatic rings. The lowest BCUT2D eigenvalue weighted by molar-refractivity contribution is 0.0951. The maximum Gasteiger partial charge on any atom is 0.294 e. The van der Waals surface area contributed by atoms with Gasteiger partial charge in [-0.05, 0) is 39.5 Å². The van der Waals surface area contributed by atoms with Crippen molar-refractivity contribution in [2.75, 3.05) is 24.7 Å². The lowest BCUT2D eigenvalue weighted by atomic mass is 10.2. The Labute approximate surface area is 174 Å². The molecule has 12 heteroatoms. The second-order valence-corrected chi connectivity index (χ2v) is 7.28. The molecule has 3 aromatic heterocycles. The van der Waals surface area contributed by atoms with Gasteiger partial charge >= 0.3 is 0 Å². The first-order valence-corrected chi connectivity index (χ1v) is 9.61. The van der Waals surface area contributed by atoms with Crippen LogP contribution in [0.1, 0.15) is 16.1 Å². The van der Waals surface area contributed by atoms with Gasteiger partial charge in [0.2, 0.25) is 11.6 Å². The van der Waals surface area contributed by atoms with Gasteiger partial charge in [-0.1, -0.05) is 23.4 Å². The zero-order valence-corrected chi connectivity index (χ0v) is 16.9. The molecule has 1 amide bonds. The van der Waals surface area contributed by atoms with E-state index in [1.165, 1.54) is 16.0 Å². The van der Waals surface area contributed by atoms with Gasteiger partial charge < -0.3 is 10.6 Å². The molecule has 0 fully saturated rings. The van der Waals surface area contributed by atoms with E-state index in [-0.39, 0.29) is 17.3 Å². The quantitative estimate of drug-likeness (QED) is 0.353. The van der Waals surface area contributed by atoms with Crippen LogP contribution in [-0.2, 0) is 0 Å². The molecular formula is C18H17N9O2S. The Balaban J connectivity index is 1.58. The summed E-state index contributed by atoms with van der Waals surface area (Å²) < 4.78 is 5.96. The third kappa shape index (κ3) is 3.75. The van der Waals surface area contributed by atoms with Crippen LogP contribution in [0, 0.1) is 0 Å². The Morgan fingerprint density at radius 3 is 2.70 bits per heavy atom. The van der Waals surface area contributed by atoms with E-state index in [2.05, 4.69) is 35.8 Å². The number of nitrogens with one attached hydrogen (secondary N) is 1. The summed E-state index contributed by atoms with van der Waals surface area (Å²) in [5.74, 6) is -0.348. The number of hydrogen-bond donors (Lipinski definition) is 2. The lowest BCUT2D eigenvalue weighted by Crippen LogP contribution is -2.19. The first kappa shape index (κ1) is 19.3. The van der Waals surface area contributed by atoms with Gasteiger partial charge in [-0.15, -0.1) is 16.4 Å². The van der Waals surface area contributed by atoms with E-state index < -0.39 is 5.91 Å². The number of carbonyl (C=O) groups is 1. The number of aromatic nitrogens is 5. The van der Waals surface area contributed by atoms with Gasteiger partial charge in [-0.25, -0.2) is 10.1 Å². The number of hydrazone groups is 1. The van der Waals surface area contributed by atoms with Gasteiger partial charge in [0.1, 0.15) is 5.69 Å². The predicted octanol–water partition coefficient (Wildman–Crippen LogP) is 1.79. The Bertz CT molecular complexity index is 1180. The Kier molecular flexibility index (Phi) is 5.22. The van der Waals surface area contributed by atoms with E-state index >= 15 is 0 Å². The van der Waals surface area contributed by atoms with E-state index in [1.807, 2.05) is 60.8 Å². The first-order valence-electron chi connectivity index (χ1n) is 8.73. The van der Waals surface area contributed by atoms with Gasteiger partial charge in [0.05, 0.1) is 11.1 Å². The fourth-order valence-corrected chi connectivity index (χ4v) is 3.39. The van der Waals surface area contributed by atoms with Crippen LogP contribution in [0.4, 0.5) is 11.5 Å². The molecule has 0 atom stereocenters. The van der Waals surface area contributed by atoms with Crippen molar-refractivity contribution in [1.82, 2.24) is 30.7 Å². The molecule has 0 bridgehead atoms. The van der Waals surface area contributed by atoms with Crippen molar-refractivity contribution in [2.24, 2.45) is 5.10 Å². The number of benzene rings is 1. The summed E-state index contributed by atoms with van der Waals surface area (Å²) in [5.41, 5.74) is 10.6. The maximum absolute atomic E-state index is 12.7. The normalized spacial score (nSPS) is 11.1. The summed E-state index contributed by atoms with van der Waals surface area (Å²) in [6.07, 6.45) is 1.55. The molecule has 11 nitrogen and oxygen atoms in total. The average molecular weight is 423 g/mol. The highest BCUT2D eigenvalue weighted by molar-refractivity contribution is 7.13. The molecule has 0 radical (unpaired) electrons. The standard InChI is InChI=1S/C18H17N9O2S/c1-26(2)12-7-5-11(6-8-12)10-20-22-18(28)14-15(13-4-3-9-30-13)27(25-21-14)17-16(19)23-29-24-17/h3-10H,1-2H3,(H2,19,23)(H,22,28). The molecule has 4 aromatic rings. The summed E-state index contributed by atoms with van der Waals surface area (Å²) in [5, 5.41) is 21.2. The molecule has 152 valence electrons. The van der Waals surface area contributed by atoms with Gasteiger partial charge in [-0.2, -0.15) is 9.78 Å². The third-order valence-corrected chi connectivity index (χ3v) is 5.00. The topological polar surface area (TPSA) is 140 Å². The van der Waals surface area contributed by atoms with E-state index in [1.54, 1.807) is 6.21 Å². The van der Waals surface area contributed by atoms with Crippen LogP contribution in [0.25, 0.3) is 16.4 Å². The second kappa shape index (κ2) is 8.13. The van der Waals surface area contributed by atoms with Crippen molar-refractivity contribution in [2.45, 2.75) is 0 Å². The van der Waals surface area contributed by atoms with Gasteiger partial charge in [-0.3, -0.25) is 4.79 Å². The summed E-state index contributed by atoms with van der Waals surface area (Å²) in [4.78, 5) is 15.5. The summed E-state index contributed by atoms with van der Waals surface area (Å²) in [6, 6.07) is 11.4. The molecule has 0 spiro atoms. The highest BCUT2D eigenvalue weighted by atomic mass is 32.1. The molecule has 0 saturated carbocycles. The summed E-state index contributed by atoms with van der Waals surface area (Å²) >= 11 is 1.41. The van der Waals surface area contributed by atoms with Crippen molar-refractivity contribution in [1.29, 1.82) is 0 Å². The highest BCUT2D eigenvalue weighted by Crippen LogP contribution is 2.29. The molecule has 30 heavy (non-hydrogen) atoms. The largest absolute Gasteiger partial charge is 0.378 e. The molecule has 4 rings (SSSR count). The number of amides is 1. The van der Waals surface area contributed by atoms with Gasteiger partial charge in [0.25, 0.3) is 5.91 Å². The fourth-order valence-electron chi connectivity index (χ4n) is 2.63. The maximum atomic E-state index is 12.7. The van der Waals surface area contributed by atoms with E-state index in [0.29, 0.717) is 5.69 Å². The number of nitrogens with zero attached hydrogens (tertiary/aromatic N) is 7. The number of anilines is 2. The highest BCUT2D eigenvalue weighted by Gasteiger charge is 2.25. The number of nitrogen functional groups attached to an aromatic ring is 1. The van der Waals surface area contributed by atoms with E-state index in [0.717, 1.165) is 16.1 Å². The Morgan fingerprint density at radius 1 is 1.27 bits per heavy atom. The van der Waals surface area contributed by atoms with Crippen molar-refractivity contribution in [3.05, 3.63) is 53.0 Å². The van der Waals surface area contributed by atoms with Gasteiger partial charge in [0.15, 0.2) is 5.69 Å². The van der Waals surface area contributed by atoms with E-state index in [9.17, 15) is 4.79 Å². The first-order chi connectivity index (χ1) is 14.5. The smallest absolute Gasteiger partial charge is 0.294 e. The van der Waals surface area contributed by atoms with Crippen LogP contribution in [0.3, 0.4) is 0 Å².